The first-order chi connectivity index (χ1) is 40.7. The van der Waals surface area contributed by atoms with Gasteiger partial charge in [-0.15, -0.1) is 0 Å². The molecule has 0 aromatic heterocycles. The number of hydrogen-bond donors (Lipinski definition) is 6. The van der Waals surface area contributed by atoms with Crippen molar-refractivity contribution in [3.8, 4) is 0 Å². The van der Waals surface area contributed by atoms with E-state index in [0.717, 1.165) is 51.4 Å². The third kappa shape index (κ3) is 51.0. The third-order valence-electron chi connectivity index (χ3n) is 17.7. The van der Waals surface area contributed by atoms with Gasteiger partial charge in [-0.05, 0) is 32.1 Å². The van der Waals surface area contributed by atoms with Crippen molar-refractivity contribution in [1.29, 1.82) is 0 Å². The zero-order valence-electron chi connectivity index (χ0n) is 54.7. The Balaban J connectivity index is 1.91. The lowest BCUT2D eigenvalue weighted by Crippen LogP contribution is -2.60. The highest BCUT2D eigenvalue weighted by Crippen LogP contribution is 2.24. The molecule has 492 valence electrons. The number of aliphatic hydroxyl groups is 5. The predicted octanol–water partition coefficient (Wildman–Crippen LogP) is 18.6. The molecule has 0 bridgehead atoms. The van der Waals surface area contributed by atoms with Crippen LogP contribution < -0.4 is 5.32 Å². The van der Waals surface area contributed by atoms with E-state index in [9.17, 15) is 35.1 Å². The third-order valence-corrected chi connectivity index (χ3v) is 17.7. The molecule has 0 radical (unpaired) electrons. The fourth-order valence-corrected chi connectivity index (χ4v) is 11.9. The molecule has 83 heavy (non-hydrogen) atoms. The molecule has 11 nitrogen and oxygen atoms in total. The van der Waals surface area contributed by atoms with E-state index in [0.29, 0.717) is 19.4 Å². The number of ether oxygens (including phenoxy) is 3. The highest BCUT2D eigenvalue weighted by molar-refractivity contribution is 5.76. The van der Waals surface area contributed by atoms with Gasteiger partial charge in [-0.3, -0.25) is 9.59 Å². The quantitative estimate of drug-likeness (QED) is 0.0195. The Kier molecular flexibility index (Phi) is 59.3. The minimum absolute atomic E-state index is 0.0149. The molecule has 0 aliphatic carbocycles. The largest absolute Gasteiger partial charge is 0.466 e. The van der Waals surface area contributed by atoms with Gasteiger partial charge in [0.15, 0.2) is 6.29 Å². The van der Waals surface area contributed by atoms with E-state index in [1.54, 1.807) is 6.08 Å². The number of carbonyl (C=O) groups is 2. The number of allylic oxidation sites excluding steroid dienone is 1. The fourth-order valence-electron chi connectivity index (χ4n) is 11.9. The molecule has 0 saturated carbocycles. The fraction of sp³-hybridized carbons (Fsp3) is 0.944. The van der Waals surface area contributed by atoms with Gasteiger partial charge >= 0.3 is 5.97 Å². The molecule has 7 unspecified atom stereocenters. The zero-order valence-corrected chi connectivity index (χ0v) is 54.7. The summed E-state index contributed by atoms with van der Waals surface area (Å²) in [5.74, 6) is -0.160. The average molecular weight is 1180 g/mol. The SMILES string of the molecule is CCCCCCCCCCC/C=C/C(O)C(COC1OC(CO)C(O)C(O)C1O)NC(=O)CCCCCCCCCCCCCCCCCCCCCCCCCCCCCCCCCCCOC(=O)CCCCCCCCCCCCC. The molecular weight excluding hydrogens is 1040 g/mol. The van der Waals surface area contributed by atoms with E-state index < -0.39 is 49.5 Å². The number of amides is 1. The van der Waals surface area contributed by atoms with Crippen LogP contribution in [0.1, 0.15) is 373 Å². The monoisotopic (exact) mass is 1180 g/mol. The number of rotatable bonds is 65. The van der Waals surface area contributed by atoms with Crippen LogP contribution in [0, 0.1) is 0 Å². The van der Waals surface area contributed by atoms with Crippen LogP contribution in [0.25, 0.3) is 0 Å². The van der Waals surface area contributed by atoms with E-state index in [1.807, 2.05) is 6.08 Å². The lowest BCUT2D eigenvalue weighted by molar-refractivity contribution is -0.302. The van der Waals surface area contributed by atoms with E-state index in [-0.39, 0.29) is 18.5 Å². The van der Waals surface area contributed by atoms with Crippen LogP contribution in [0.5, 0.6) is 0 Å². The highest BCUT2D eigenvalue weighted by atomic mass is 16.7. The number of hydrogen-bond acceptors (Lipinski definition) is 10. The Bertz CT molecular complexity index is 1380. The van der Waals surface area contributed by atoms with Crippen molar-refractivity contribution < 1.29 is 49.3 Å². The minimum Gasteiger partial charge on any atom is -0.466 e. The maximum absolute atomic E-state index is 13.0. The van der Waals surface area contributed by atoms with Gasteiger partial charge in [-0.25, -0.2) is 0 Å². The van der Waals surface area contributed by atoms with Crippen molar-refractivity contribution in [3.05, 3.63) is 12.2 Å². The summed E-state index contributed by atoms with van der Waals surface area (Å²) in [5, 5.41) is 54.4. The lowest BCUT2D eigenvalue weighted by Gasteiger charge is -2.40. The Labute approximate surface area is 512 Å². The molecule has 1 aliphatic heterocycles. The summed E-state index contributed by atoms with van der Waals surface area (Å²) in [4.78, 5) is 25.1. The number of carbonyl (C=O) groups excluding carboxylic acids is 2. The Morgan fingerprint density at radius 2 is 0.759 bits per heavy atom. The second-order valence-corrected chi connectivity index (χ2v) is 25.7. The highest BCUT2D eigenvalue weighted by Gasteiger charge is 2.44. The van der Waals surface area contributed by atoms with Crippen LogP contribution >= 0.6 is 0 Å². The summed E-state index contributed by atoms with van der Waals surface area (Å²) >= 11 is 0. The molecule has 7 atom stereocenters. The van der Waals surface area contributed by atoms with Crippen LogP contribution in [0.3, 0.4) is 0 Å². The molecular formula is C72H139NO10. The molecule has 1 aliphatic rings. The molecule has 11 heteroatoms. The topological polar surface area (TPSA) is 175 Å². The Morgan fingerprint density at radius 1 is 0.434 bits per heavy atom. The average Bonchev–Trinajstić information content (AvgIpc) is 3.68. The van der Waals surface area contributed by atoms with Gasteiger partial charge in [0.2, 0.25) is 5.91 Å². The summed E-state index contributed by atoms with van der Waals surface area (Å²) < 4.78 is 16.7. The molecule has 1 heterocycles. The summed E-state index contributed by atoms with van der Waals surface area (Å²) in [5.41, 5.74) is 0. The van der Waals surface area contributed by atoms with Crippen LogP contribution in [0.2, 0.25) is 0 Å². The van der Waals surface area contributed by atoms with Crippen molar-refractivity contribution in [2.45, 2.75) is 416 Å². The Hall–Kier alpha value is -1.60. The van der Waals surface area contributed by atoms with Crippen molar-refractivity contribution in [3.63, 3.8) is 0 Å². The molecule has 1 saturated heterocycles. The molecule has 0 aromatic rings. The second kappa shape index (κ2) is 62.0. The van der Waals surface area contributed by atoms with Gasteiger partial charge in [0.1, 0.15) is 24.4 Å². The van der Waals surface area contributed by atoms with E-state index in [2.05, 4.69) is 19.2 Å². The predicted molar refractivity (Wildman–Crippen MR) is 348 cm³/mol. The Morgan fingerprint density at radius 3 is 1.12 bits per heavy atom. The van der Waals surface area contributed by atoms with Crippen LogP contribution in [0.4, 0.5) is 0 Å². The van der Waals surface area contributed by atoms with Crippen LogP contribution in [-0.2, 0) is 23.8 Å². The van der Waals surface area contributed by atoms with Crippen molar-refractivity contribution >= 4 is 11.9 Å². The first-order valence-corrected chi connectivity index (χ1v) is 36.5. The van der Waals surface area contributed by atoms with E-state index in [4.69, 9.17) is 14.2 Å². The number of aliphatic hydroxyl groups excluding tert-OH is 5. The molecule has 1 amide bonds. The molecule has 1 fully saturated rings. The van der Waals surface area contributed by atoms with E-state index in [1.165, 1.54) is 295 Å². The summed E-state index contributed by atoms with van der Waals surface area (Å²) in [6.45, 7) is 4.38. The molecule has 0 aromatic carbocycles. The summed E-state index contributed by atoms with van der Waals surface area (Å²) in [7, 11) is 0. The van der Waals surface area contributed by atoms with Crippen molar-refractivity contribution in [2.75, 3.05) is 19.8 Å². The van der Waals surface area contributed by atoms with Gasteiger partial charge in [-0.2, -0.15) is 0 Å². The minimum atomic E-state index is -1.57. The number of nitrogens with one attached hydrogen (secondary N) is 1. The molecule has 6 N–H and O–H groups in total. The van der Waals surface area contributed by atoms with Gasteiger partial charge in [0.05, 0.1) is 32.0 Å². The first-order valence-electron chi connectivity index (χ1n) is 36.5. The van der Waals surface area contributed by atoms with Gasteiger partial charge < -0.3 is 45.1 Å². The van der Waals surface area contributed by atoms with Crippen LogP contribution in [-0.4, -0.2) is 100 Å². The number of esters is 1. The molecule has 0 spiro atoms. The second-order valence-electron chi connectivity index (χ2n) is 25.7. The summed E-state index contributed by atoms with van der Waals surface area (Å²) in [6.07, 6.45) is 66.5. The summed E-state index contributed by atoms with van der Waals surface area (Å²) in [6, 6.07) is -0.804. The van der Waals surface area contributed by atoms with Gasteiger partial charge in [0.25, 0.3) is 0 Å². The smallest absolute Gasteiger partial charge is 0.305 e. The van der Waals surface area contributed by atoms with Crippen molar-refractivity contribution in [2.24, 2.45) is 0 Å². The van der Waals surface area contributed by atoms with Crippen LogP contribution in [0.15, 0.2) is 12.2 Å². The van der Waals surface area contributed by atoms with Crippen molar-refractivity contribution in [1.82, 2.24) is 5.32 Å². The maximum Gasteiger partial charge on any atom is 0.305 e. The van der Waals surface area contributed by atoms with E-state index >= 15 is 0 Å². The lowest BCUT2D eigenvalue weighted by atomic mass is 9.99. The standard InChI is InChI=1S/C72H139NO10/c1-3-5-7-9-11-13-38-42-46-50-54-58-65(75)64(63-82-72-71(80)70(79)69(78)66(62-74)83-72)73-67(76)59-55-51-47-43-40-36-34-32-30-28-26-24-22-20-18-16-15-17-19-21-23-25-27-29-31-33-35-37-41-45-49-53-57-61-81-68(77)60-56-52-48-44-39-14-12-10-8-6-4-2/h54,58,64-66,69-72,74-75,78-80H,3-53,55-57,59-63H2,1-2H3,(H,73,76)/b58-54+. The normalized spacial score (nSPS) is 18.1. The molecule has 1 rings (SSSR count). The first kappa shape index (κ1) is 79.4. The maximum atomic E-state index is 13.0. The van der Waals surface area contributed by atoms with Gasteiger partial charge in [-0.1, -0.05) is 341 Å². The number of unbranched alkanes of at least 4 members (excludes halogenated alkanes) is 51. The van der Waals surface area contributed by atoms with Gasteiger partial charge in [0, 0.05) is 12.8 Å². The zero-order chi connectivity index (χ0) is 60.2.